The summed E-state index contributed by atoms with van der Waals surface area (Å²) in [6.45, 7) is 2.36. The molecule has 20 heavy (non-hydrogen) atoms. The quantitative estimate of drug-likeness (QED) is 0.812. The topological polar surface area (TPSA) is 49.4 Å². The van der Waals surface area contributed by atoms with E-state index in [-0.39, 0.29) is 23.0 Å². The van der Waals surface area contributed by atoms with Crippen LogP contribution in [-0.2, 0) is 16.6 Å². The van der Waals surface area contributed by atoms with Gasteiger partial charge in [-0.25, -0.2) is 8.42 Å². The fourth-order valence-electron chi connectivity index (χ4n) is 1.72. The maximum atomic E-state index is 12.5. The van der Waals surface area contributed by atoms with E-state index in [9.17, 15) is 8.42 Å². The molecule has 0 spiro atoms. The van der Waals surface area contributed by atoms with Crippen molar-refractivity contribution in [1.29, 1.82) is 0 Å². The van der Waals surface area contributed by atoms with Gasteiger partial charge in [-0.05, 0) is 19.2 Å². The van der Waals surface area contributed by atoms with Crippen molar-refractivity contribution >= 4 is 33.2 Å². The van der Waals surface area contributed by atoms with E-state index in [0.29, 0.717) is 17.1 Å². The van der Waals surface area contributed by atoms with Gasteiger partial charge in [-0.15, -0.1) is 6.42 Å². The summed E-state index contributed by atoms with van der Waals surface area (Å²) in [7, 11) is -2.00. The van der Waals surface area contributed by atoms with E-state index in [1.807, 2.05) is 0 Å². The molecule has 0 amide bonds. The molecule has 0 aliphatic carbocycles. The second-order valence-electron chi connectivity index (χ2n) is 4.00. The van der Waals surface area contributed by atoms with Crippen LogP contribution in [0.2, 0.25) is 10.0 Å². The van der Waals surface area contributed by atoms with Crippen molar-refractivity contribution in [2.45, 2.75) is 18.4 Å². The van der Waals surface area contributed by atoms with Crippen LogP contribution in [0.3, 0.4) is 0 Å². The van der Waals surface area contributed by atoms with Crippen LogP contribution >= 0.6 is 23.2 Å². The molecule has 0 heterocycles. The maximum Gasteiger partial charge on any atom is 0.245 e. The van der Waals surface area contributed by atoms with Crippen LogP contribution in [0.5, 0.6) is 0 Å². The van der Waals surface area contributed by atoms with Gasteiger partial charge in [0.2, 0.25) is 10.0 Å². The zero-order valence-corrected chi connectivity index (χ0v) is 13.6. The molecule has 0 saturated carbocycles. The van der Waals surface area contributed by atoms with Crippen LogP contribution in [-0.4, -0.2) is 32.9 Å². The van der Waals surface area contributed by atoms with Gasteiger partial charge in [0.1, 0.15) is 4.90 Å². The van der Waals surface area contributed by atoms with E-state index in [0.717, 1.165) is 0 Å². The fourth-order valence-corrected chi connectivity index (χ4v) is 3.97. The van der Waals surface area contributed by atoms with E-state index >= 15 is 0 Å². The van der Waals surface area contributed by atoms with Crippen molar-refractivity contribution in [1.82, 2.24) is 9.62 Å². The minimum atomic E-state index is -3.73. The van der Waals surface area contributed by atoms with Crippen LogP contribution in [0.4, 0.5) is 0 Å². The molecular weight excluding hydrogens is 319 g/mol. The van der Waals surface area contributed by atoms with Gasteiger partial charge in [0, 0.05) is 23.7 Å². The van der Waals surface area contributed by atoms with E-state index < -0.39 is 10.0 Å². The second-order valence-corrected chi connectivity index (χ2v) is 6.70. The molecule has 110 valence electrons. The lowest BCUT2D eigenvalue weighted by Crippen LogP contribution is -2.31. The van der Waals surface area contributed by atoms with Gasteiger partial charge in [0.05, 0.1) is 11.6 Å². The summed E-state index contributed by atoms with van der Waals surface area (Å²) in [5.74, 6) is 2.33. The number of hydrogen-bond acceptors (Lipinski definition) is 3. The highest BCUT2D eigenvalue weighted by molar-refractivity contribution is 7.89. The number of terminal acetylenes is 1. The molecule has 7 heteroatoms. The van der Waals surface area contributed by atoms with E-state index in [1.165, 1.54) is 16.4 Å². The lowest BCUT2D eigenvalue weighted by Gasteiger charge is -2.20. The Morgan fingerprint density at radius 3 is 2.55 bits per heavy atom. The van der Waals surface area contributed by atoms with Gasteiger partial charge in [0.15, 0.2) is 0 Å². The lowest BCUT2D eigenvalue weighted by atomic mass is 10.2. The first kappa shape index (κ1) is 17.3. The van der Waals surface area contributed by atoms with Crippen molar-refractivity contribution < 1.29 is 8.42 Å². The van der Waals surface area contributed by atoms with Gasteiger partial charge >= 0.3 is 0 Å². The predicted octanol–water partition coefficient (Wildman–Crippen LogP) is 2.36. The van der Waals surface area contributed by atoms with Crippen molar-refractivity contribution in [3.8, 4) is 12.3 Å². The largest absolute Gasteiger partial charge is 0.316 e. The molecule has 1 rings (SSSR count). The molecular formula is C13H16Cl2N2O2S. The Morgan fingerprint density at radius 1 is 1.40 bits per heavy atom. The Hall–Kier alpha value is -0.770. The zero-order valence-electron chi connectivity index (χ0n) is 11.3. The molecule has 0 atom stereocenters. The Labute approximate surface area is 130 Å². The number of nitrogens with one attached hydrogen (secondary N) is 1. The predicted molar refractivity (Wildman–Crippen MR) is 82.5 cm³/mol. The number of halogens is 2. The molecule has 0 aromatic heterocycles. The minimum absolute atomic E-state index is 0.000843. The highest BCUT2D eigenvalue weighted by Gasteiger charge is 2.26. The molecule has 0 fully saturated rings. The fraction of sp³-hybridized carbons (Fsp3) is 0.385. The van der Waals surface area contributed by atoms with Crippen molar-refractivity contribution in [2.24, 2.45) is 0 Å². The van der Waals surface area contributed by atoms with Crippen LogP contribution < -0.4 is 5.32 Å². The van der Waals surface area contributed by atoms with Crippen molar-refractivity contribution in [3.63, 3.8) is 0 Å². The lowest BCUT2D eigenvalue weighted by molar-refractivity contribution is 0.464. The van der Waals surface area contributed by atoms with Gasteiger partial charge in [-0.3, -0.25) is 0 Å². The van der Waals surface area contributed by atoms with Gasteiger partial charge in [0.25, 0.3) is 0 Å². The molecule has 1 aromatic rings. The molecule has 0 unspecified atom stereocenters. The molecule has 0 radical (unpaired) electrons. The molecule has 4 nitrogen and oxygen atoms in total. The summed E-state index contributed by atoms with van der Waals surface area (Å²) in [6, 6.07) is 2.93. The summed E-state index contributed by atoms with van der Waals surface area (Å²) >= 11 is 12.2. The Bertz CT molecular complexity index is 624. The third-order valence-corrected chi connectivity index (χ3v) is 5.60. The molecule has 0 aliphatic rings. The van der Waals surface area contributed by atoms with Gasteiger partial charge in [-0.2, -0.15) is 4.31 Å². The first-order valence-electron chi connectivity index (χ1n) is 5.95. The Balaban J connectivity index is 3.40. The second kappa shape index (κ2) is 7.30. The first-order chi connectivity index (χ1) is 9.39. The highest BCUT2D eigenvalue weighted by Crippen LogP contribution is 2.32. The summed E-state index contributed by atoms with van der Waals surface area (Å²) in [5, 5.41) is 3.45. The third-order valence-electron chi connectivity index (χ3n) is 2.74. The monoisotopic (exact) mass is 334 g/mol. The van der Waals surface area contributed by atoms with E-state index in [2.05, 4.69) is 11.2 Å². The maximum absolute atomic E-state index is 12.5. The summed E-state index contributed by atoms with van der Waals surface area (Å²) < 4.78 is 26.2. The normalized spacial score (nSPS) is 11.6. The van der Waals surface area contributed by atoms with Gasteiger partial charge in [-0.1, -0.05) is 36.0 Å². The summed E-state index contributed by atoms with van der Waals surface area (Å²) in [5.41, 5.74) is 0.550. The smallest absolute Gasteiger partial charge is 0.245 e. The number of hydrogen-bond donors (Lipinski definition) is 1. The summed E-state index contributed by atoms with van der Waals surface area (Å²) in [6.07, 6.45) is 5.20. The molecule has 0 aliphatic heterocycles. The average Bonchev–Trinajstić information content (AvgIpc) is 2.40. The number of sulfonamides is 1. The van der Waals surface area contributed by atoms with E-state index in [4.69, 9.17) is 29.6 Å². The number of rotatable bonds is 6. The van der Waals surface area contributed by atoms with E-state index in [1.54, 1.807) is 14.0 Å². The van der Waals surface area contributed by atoms with Crippen LogP contribution in [0.25, 0.3) is 0 Å². The highest BCUT2D eigenvalue weighted by atomic mass is 35.5. The SMILES string of the molecule is C#CCN(CC)S(=O)(=O)c1ccc(Cl)c(CNC)c1Cl. The van der Waals surface area contributed by atoms with Crippen molar-refractivity contribution in [2.75, 3.05) is 20.1 Å². The van der Waals surface area contributed by atoms with Gasteiger partial charge < -0.3 is 5.32 Å². The number of nitrogens with zero attached hydrogens (tertiary/aromatic N) is 1. The Kier molecular flexibility index (Phi) is 6.31. The summed E-state index contributed by atoms with van der Waals surface area (Å²) in [4.78, 5) is 0.0194. The van der Waals surface area contributed by atoms with Crippen molar-refractivity contribution in [3.05, 3.63) is 27.7 Å². The molecule has 0 bridgehead atoms. The van der Waals surface area contributed by atoms with Crippen LogP contribution in [0.1, 0.15) is 12.5 Å². The molecule has 0 saturated heterocycles. The third kappa shape index (κ3) is 3.46. The minimum Gasteiger partial charge on any atom is -0.316 e. The Morgan fingerprint density at radius 2 is 2.05 bits per heavy atom. The first-order valence-corrected chi connectivity index (χ1v) is 8.14. The van der Waals surface area contributed by atoms with Crippen LogP contribution in [0, 0.1) is 12.3 Å². The average molecular weight is 335 g/mol. The molecule has 1 aromatic carbocycles. The standard InChI is InChI=1S/C13H16Cl2N2O2S/c1-4-8-17(5-2)20(18,19)12-7-6-11(14)10(9-16-3)13(12)15/h1,6-7,16H,5,8-9H2,2-3H3. The zero-order chi connectivity index (χ0) is 15.3. The molecule has 1 N–H and O–H groups in total. The van der Waals surface area contributed by atoms with Crippen LogP contribution in [0.15, 0.2) is 17.0 Å². The number of benzene rings is 1.